The van der Waals surface area contributed by atoms with Gasteiger partial charge in [-0.15, -0.1) is 11.3 Å². The molecule has 0 spiro atoms. The van der Waals surface area contributed by atoms with Gasteiger partial charge in [-0.05, 0) is 42.0 Å². The number of anilines is 1. The van der Waals surface area contributed by atoms with E-state index in [4.69, 9.17) is 0 Å². The van der Waals surface area contributed by atoms with Crippen LogP contribution in [0.3, 0.4) is 0 Å². The van der Waals surface area contributed by atoms with Crippen LogP contribution in [0.4, 0.5) is 5.82 Å². The lowest BCUT2D eigenvalue weighted by Gasteiger charge is -2.04. The van der Waals surface area contributed by atoms with Crippen LogP contribution in [0.1, 0.15) is 5.56 Å². The van der Waals surface area contributed by atoms with E-state index in [-0.39, 0.29) is 12.3 Å². The minimum Gasteiger partial charge on any atom is -0.310 e. The van der Waals surface area contributed by atoms with E-state index in [1.54, 1.807) is 34.5 Å². The van der Waals surface area contributed by atoms with E-state index in [2.05, 4.69) is 26.4 Å². The van der Waals surface area contributed by atoms with Crippen LogP contribution in [-0.2, 0) is 11.2 Å². The summed E-state index contributed by atoms with van der Waals surface area (Å²) >= 11 is 1.62. The number of nitrogens with zero attached hydrogens (tertiary/aromatic N) is 4. The van der Waals surface area contributed by atoms with Gasteiger partial charge in [0.2, 0.25) is 5.91 Å². The number of hydrogen-bond donors (Lipinski definition) is 1. The Hall–Kier alpha value is -3.84. The molecule has 5 rings (SSSR count). The zero-order valence-corrected chi connectivity index (χ0v) is 16.7. The molecule has 1 N–H and O–H groups in total. The minimum atomic E-state index is -0.136. The van der Waals surface area contributed by atoms with E-state index in [1.807, 2.05) is 60.8 Å². The van der Waals surface area contributed by atoms with Gasteiger partial charge in [-0.25, -0.2) is 14.6 Å². The molecule has 146 valence electrons. The molecule has 3 heterocycles. The van der Waals surface area contributed by atoms with Crippen molar-refractivity contribution in [3.63, 3.8) is 0 Å². The van der Waals surface area contributed by atoms with E-state index < -0.39 is 0 Å². The molecular formula is C23H17N5OS. The Labute approximate surface area is 176 Å². The highest BCUT2D eigenvalue weighted by molar-refractivity contribution is 7.21. The Bertz CT molecular complexity index is 1280. The average molecular weight is 411 g/mol. The fourth-order valence-electron chi connectivity index (χ4n) is 3.14. The normalized spacial score (nSPS) is 10.9. The molecule has 0 unspecified atom stereocenters. The standard InChI is InChI=1S/C23H17N5OS/c29-22(12-16-13-25-28(15-16)18-6-2-1-3-7-18)27-21-11-10-17(14-24-21)23-26-19-8-4-5-9-20(19)30-23/h1-11,13-15H,12H2,(H,24,27,29). The first kappa shape index (κ1) is 18.2. The van der Waals surface area contributed by atoms with Crippen molar-refractivity contribution in [2.75, 3.05) is 5.32 Å². The Balaban J connectivity index is 1.25. The molecule has 0 aliphatic carbocycles. The van der Waals surface area contributed by atoms with Crippen LogP contribution in [-0.4, -0.2) is 25.7 Å². The molecule has 0 bridgehead atoms. The SMILES string of the molecule is O=C(Cc1cnn(-c2ccccc2)c1)Nc1ccc(-c2nc3ccccc3s2)cn1. The van der Waals surface area contributed by atoms with Crippen LogP contribution in [0.2, 0.25) is 0 Å². The van der Waals surface area contributed by atoms with Gasteiger partial charge >= 0.3 is 0 Å². The highest BCUT2D eigenvalue weighted by atomic mass is 32.1. The van der Waals surface area contributed by atoms with Gasteiger partial charge in [-0.1, -0.05) is 30.3 Å². The Morgan fingerprint density at radius 1 is 0.967 bits per heavy atom. The van der Waals surface area contributed by atoms with Crippen molar-refractivity contribution in [1.82, 2.24) is 19.7 Å². The molecule has 7 heteroatoms. The zero-order valence-electron chi connectivity index (χ0n) is 15.9. The number of thiazole rings is 1. The van der Waals surface area contributed by atoms with Gasteiger partial charge in [-0.3, -0.25) is 4.79 Å². The second-order valence-electron chi connectivity index (χ2n) is 6.77. The minimum absolute atomic E-state index is 0.136. The van der Waals surface area contributed by atoms with E-state index in [1.165, 1.54) is 0 Å². The third-order valence-corrected chi connectivity index (χ3v) is 5.68. The van der Waals surface area contributed by atoms with Crippen molar-refractivity contribution in [3.05, 3.63) is 90.9 Å². The third-order valence-electron chi connectivity index (χ3n) is 4.59. The number of fused-ring (bicyclic) bond motifs is 1. The quantitative estimate of drug-likeness (QED) is 0.454. The van der Waals surface area contributed by atoms with Crippen LogP contribution in [0.5, 0.6) is 0 Å². The fraction of sp³-hybridized carbons (Fsp3) is 0.0435. The predicted molar refractivity (Wildman–Crippen MR) is 119 cm³/mol. The summed E-state index contributed by atoms with van der Waals surface area (Å²) in [5.74, 6) is 0.378. The highest BCUT2D eigenvalue weighted by Gasteiger charge is 2.10. The van der Waals surface area contributed by atoms with E-state index >= 15 is 0 Å². The Kier molecular flexibility index (Phi) is 4.78. The maximum atomic E-state index is 12.4. The summed E-state index contributed by atoms with van der Waals surface area (Å²) in [4.78, 5) is 21.4. The fourth-order valence-corrected chi connectivity index (χ4v) is 4.09. The summed E-state index contributed by atoms with van der Waals surface area (Å²) < 4.78 is 2.90. The van der Waals surface area contributed by atoms with Gasteiger partial charge in [0.25, 0.3) is 0 Å². The summed E-state index contributed by atoms with van der Waals surface area (Å²) in [6, 6.07) is 21.5. The van der Waals surface area contributed by atoms with Crippen LogP contribution >= 0.6 is 11.3 Å². The number of nitrogens with one attached hydrogen (secondary N) is 1. The largest absolute Gasteiger partial charge is 0.310 e. The monoisotopic (exact) mass is 411 g/mol. The van der Waals surface area contributed by atoms with Crippen molar-refractivity contribution < 1.29 is 4.79 Å². The number of hydrogen-bond acceptors (Lipinski definition) is 5. The van der Waals surface area contributed by atoms with Crippen molar-refractivity contribution >= 4 is 33.3 Å². The Morgan fingerprint density at radius 3 is 2.60 bits per heavy atom. The molecule has 0 saturated carbocycles. The first-order valence-electron chi connectivity index (χ1n) is 9.45. The lowest BCUT2D eigenvalue weighted by molar-refractivity contribution is -0.115. The summed E-state index contributed by atoms with van der Waals surface area (Å²) in [5.41, 5.74) is 3.70. The summed E-state index contributed by atoms with van der Waals surface area (Å²) in [6.45, 7) is 0. The van der Waals surface area contributed by atoms with Gasteiger partial charge in [0, 0.05) is 18.0 Å². The molecule has 1 amide bonds. The predicted octanol–water partition coefficient (Wildman–Crippen LogP) is 4.73. The third kappa shape index (κ3) is 3.83. The number of pyridine rings is 1. The highest BCUT2D eigenvalue weighted by Crippen LogP contribution is 2.29. The van der Waals surface area contributed by atoms with Gasteiger partial charge in [-0.2, -0.15) is 5.10 Å². The van der Waals surface area contributed by atoms with Gasteiger partial charge in [0.05, 0.1) is 28.5 Å². The lowest BCUT2D eigenvalue weighted by Crippen LogP contribution is -2.14. The molecule has 0 atom stereocenters. The molecule has 5 aromatic rings. The zero-order chi connectivity index (χ0) is 20.3. The van der Waals surface area contributed by atoms with Crippen molar-refractivity contribution in [3.8, 4) is 16.3 Å². The van der Waals surface area contributed by atoms with Crippen molar-refractivity contribution in [2.45, 2.75) is 6.42 Å². The summed E-state index contributed by atoms with van der Waals surface area (Å²) in [6.07, 6.45) is 5.53. The van der Waals surface area contributed by atoms with Crippen LogP contribution in [0.25, 0.3) is 26.5 Å². The molecule has 0 aliphatic rings. The Morgan fingerprint density at radius 2 is 1.80 bits per heavy atom. The van der Waals surface area contributed by atoms with E-state index in [0.717, 1.165) is 32.0 Å². The maximum Gasteiger partial charge on any atom is 0.230 e. The van der Waals surface area contributed by atoms with E-state index in [0.29, 0.717) is 5.82 Å². The van der Waals surface area contributed by atoms with Gasteiger partial charge in [0.1, 0.15) is 10.8 Å². The number of benzene rings is 2. The smallest absolute Gasteiger partial charge is 0.230 e. The number of rotatable bonds is 5. The molecule has 6 nitrogen and oxygen atoms in total. The molecule has 0 aliphatic heterocycles. The first-order valence-corrected chi connectivity index (χ1v) is 10.3. The average Bonchev–Trinajstić information content (AvgIpc) is 3.42. The second kappa shape index (κ2) is 7.88. The van der Waals surface area contributed by atoms with Crippen molar-refractivity contribution in [2.24, 2.45) is 0 Å². The van der Waals surface area contributed by atoms with E-state index in [9.17, 15) is 4.79 Å². The number of para-hydroxylation sites is 2. The van der Waals surface area contributed by atoms with Gasteiger partial charge < -0.3 is 5.32 Å². The molecule has 0 radical (unpaired) electrons. The van der Waals surface area contributed by atoms with Crippen LogP contribution < -0.4 is 5.32 Å². The van der Waals surface area contributed by atoms with Gasteiger partial charge in [0.15, 0.2) is 0 Å². The molecule has 0 saturated heterocycles. The number of carbonyl (C=O) groups is 1. The summed E-state index contributed by atoms with van der Waals surface area (Å²) in [5, 5.41) is 8.08. The number of carbonyl (C=O) groups excluding carboxylic acids is 1. The topological polar surface area (TPSA) is 72.7 Å². The van der Waals surface area contributed by atoms with Crippen LogP contribution in [0.15, 0.2) is 85.3 Å². The molecule has 0 fully saturated rings. The summed E-state index contributed by atoms with van der Waals surface area (Å²) in [7, 11) is 0. The van der Waals surface area contributed by atoms with Crippen LogP contribution in [0, 0.1) is 0 Å². The second-order valence-corrected chi connectivity index (χ2v) is 7.80. The molecule has 30 heavy (non-hydrogen) atoms. The lowest BCUT2D eigenvalue weighted by atomic mass is 10.2. The number of amides is 1. The first-order chi connectivity index (χ1) is 14.7. The molecule has 3 aromatic heterocycles. The van der Waals surface area contributed by atoms with Crippen molar-refractivity contribution in [1.29, 1.82) is 0 Å². The maximum absolute atomic E-state index is 12.4. The molecule has 2 aromatic carbocycles. The number of aromatic nitrogens is 4. The molecular weight excluding hydrogens is 394 g/mol.